The fraction of sp³-hybridized carbons (Fsp3) is 0.769. The Kier molecular flexibility index (Phi) is 4.07. The highest BCUT2D eigenvalue weighted by Gasteiger charge is 2.39. The maximum absolute atomic E-state index is 12.8. The summed E-state index contributed by atoms with van der Waals surface area (Å²) in [5, 5.41) is 6.86. The summed E-state index contributed by atoms with van der Waals surface area (Å²) in [6.07, 6.45) is -1.29. The maximum Gasteiger partial charge on any atom is 0.451 e. The molecular weight excluding hydrogens is 299 g/mol. The van der Waals surface area contributed by atoms with Gasteiger partial charge in [-0.15, -0.1) is 10.2 Å². The number of rotatable bonds is 2. The lowest BCUT2D eigenvalue weighted by Gasteiger charge is -2.31. The quantitative estimate of drug-likeness (QED) is 0.820. The lowest BCUT2D eigenvalue weighted by molar-refractivity contribution is -0.148. The molecule has 0 bridgehead atoms. The SMILES string of the molecule is O=C(CN1CCn2c(nnc2C(F)(F)F)C1)N1CCCCC1. The van der Waals surface area contributed by atoms with Gasteiger partial charge in [0.25, 0.3) is 0 Å². The molecular formula is C13H18F3N5O. The van der Waals surface area contributed by atoms with Crippen LogP contribution >= 0.6 is 0 Å². The summed E-state index contributed by atoms with van der Waals surface area (Å²) in [6.45, 7) is 2.57. The fourth-order valence-corrected chi connectivity index (χ4v) is 2.99. The van der Waals surface area contributed by atoms with E-state index in [4.69, 9.17) is 0 Å². The van der Waals surface area contributed by atoms with Gasteiger partial charge in [0, 0.05) is 26.2 Å². The number of hydrogen-bond donors (Lipinski definition) is 0. The molecule has 6 nitrogen and oxygen atoms in total. The van der Waals surface area contributed by atoms with Crippen LogP contribution in [0.2, 0.25) is 0 Å². The van der Waals surface area contributed by atoms with Gasteiger partial charge in [-0.2, -0.15) is 13.2 Å². The predicted octanol–water partition coefficient (Wildman–Crippen LogP) is 1.12. The van der Waals surface area contributed by atoms with Gasteiger partial charge in [-0.3, -0.25) is 9.69 Å². The van der Waals surface area contributed by atoms with Crippen molar-refractivity contribution in [3.05, 3.63) is 11.6 Å². The van der Waals surface area contributed by atoms with E-state index in [1.807, 2.05) is 9.80 Å². The molecule has 3 rings (SSSR count). The van der Waals surface area contributed by atoms with Crippen molar-refractivity contribution in [1.82, 2.24) is 24.6 Å². The zero-order valence-electron chi connectivity index (χ0n) is 12.1. The second-order valence-corrected chi connectivity index (χ2v) is 5.74. The molecule has 3 heterocycles. The first kappa shape index (κ1) is 15.3. The molecule has 0 unspecified atom stereocenters. The molecule has 9 heteroatoms. The first-order chi connectivity index (χ1) is 10.4. The van der Waals surface area contributed by atoms with Crippen LogP contribution in [0.25, 0.3) is 0 Å². The smallest absolute Gasteiger partial charge is 0.342 e. The molecule has 1 saturated heterocycles. The van der Waals surface area contributed by atoms with Gasteiger partial charge in [0.15, 0.2) is 0 Å². The lowest BCUT2D eigenvalue weighted by Crippen LogP contribution is -2.45. The number of amides is 1. The highest BCUT2D eigenvalue weighted by molar-refractivity contribution is 5.78. The van der Waals surface area contributed by atoms with E-state index in [2.05, 4.69) is 10.2 Å². The van der Waals surface area contributed by atoms with Crippen molar-refractivity contribution in [2.45, 2.75) is 38.5 Å². The van der Waals surface area contributed by atoms with Crippen molar-refractivity contribution in [2.24, 2.45) is 0 Å². The Morgan fingerprint density at radius 2 is 1.77 bits per heavy atom. The molecule has 22 heavy (non-hydrogen) atoms. The van der Waals surface area contributed by atoms with Crippen LogP contribution in [-0.4, -0.2) is 56.7 Å². The molecule has 1 fully saturated rings. The van der Waals surface area contributed by atoms with Crippen molar-refractivity contribution >= 4 is 5.91 Å². The number of halogens is 3. The number of fused-ring (bicyclic) bond motifs is 1. The van der Waals surface area contributed by atoms with E-state index in [1.165, 1.54) is 0 Å². The van der Waals surface area contributed by atoms with Gasteiger partial charge in [-0.05, 0) is 19.3 Å². The molecule has 2 aliphatic rings. The summed E-state index contributed by atoms with van der Waals surface area (Å²) < 4.78 is 39.4. The molecule has 0 saturated carbocycles. The Balaban J connectivity index is 1.62. The first-order valence-corrected chi connectivity index (χ1v) is 7.44. The Bertz CT molecular complexity index is 550. The van der Waals surface area contributed by atoms with Crippen molar-refractivity contribution in [3.8, 4) is 0 Å². The first-order valence-electron chi connectivity index (χ1n) is 7.44. The minimum absolute atomic E-state index is 0.0451. The van der Waals surface area contributed by atoms with Crippen LogP contribution < -0.4 is 0 Å². The Morgan fingerprint density at radius 1 is 1.05 bits per heavy atom. The second kappa shape index (κ2) is 5.86. The van der Waals surface area contributed by atoms with Crippen LogP contribution in [0.5, 0.6) is 0 Å². The fourth-order valence-electron chi connectivity index (χ4n) is 2.99. The number of aromatic nitrogens is 3. The molecule has 0 spiro atoms. The number of carbonyl (C=O) groups excluding carboxylic acids is 1. The van der Waals surface area contributed by atoms with Gasteiger partial charge in [0.1, 0.15) is 5.82 Å². The van der Waals surface area contributed by atoms with Gasteiger partial charge in [0.05, 0.1) is 13.1 Å². The number of hydrogen-bond acceptors (Lipinski definition) is 4. The van der Waals surface area contributed by atoms with Gasteiger partial charge in [-0.1, -0.05) is 0 Å². The molecule has 0 atom stereocenters. The molecule has 0 radical (unpaired) electrons. The molecule has 0 aliphatic carbocycles. The van der Waals surface area contributed by atoms with E-state index >= 15 is 0 Å². The maximum atomic E-state index is 12.8. The highest BCUT2D eigenvalue weighted by atomic mass is 19.4. The largest absolute Gasteiger partial charge is 0.451 e. The van der Waals surface area contributed by atoms with E-state index in [0.717, 1.165) is 36.9 Å². The van der Waals surface area contributed by atoms with Crippen molar-refractivity contribution in [2.75, 3.05) is 26.2 Å². The van der Waals surface area contributed by atoms with E-state index in [1.54, 1.807) is 0 Å². The third-order valence-corrected chi connectivity index (χ3v) is 4.15. The average molecular weight is 317 g/mol. The molecule has 2 aliphatic heterocycles. The van der Waals surface area contributed by atoms with Crippen LogP contribution in [0, 0.1) is 0 Å². The van der Waals surface area contributed by atoms with Crippen LogP contribution in [-0.2, 0) is 24.1 Å². The third-order valence-electron chi connectivity index (χ3n) is 4.15. The molecule has 1 aromatic heterocycles. The molecule has 0 N–H and O–H groups in total. The van der Waals surface area contributed by atoms with Crippen molar-refractivity contribution < 1.29 is 18.0 Å². The van der Waals surface area contributed by atoms with Gasteiger partial charge < -0.3 is 9.47 Å². The summed E-state index contributed by atoms with van der Waals surface area (Å²) in [6, 6.07) is 0. The Labute approximate surface area is 125 Å². The molecule has 1 aromatic rings. The number of nitrogens with zero attached hydrogens (tertiary/aromatic N) is 5. The number of alkyl halides is 3. The number of piperidine rings is 1. The molecule has 0 aromatic carbocycles. The van der Waals surface area contributed by atoms with E-state index in [0.29, 0.717) is 6.54 Å². The van der Waals surface area contributed by atoms with E-state index in [-0.39, 0.29) is 31.4 Å². The van der Waals surface area contributed by atoms with Crippen LogP contribution in [0.15, 0.2) is 0 Å². The zero-order chi connectivity index (χ0) is 15.7. The summed E-state index contributed by atoms with van der Waals surface area (Å²) in [5.41, 5.74) is 0. The van der Waals surface area contributed by atoms with Gasteiger partial charge >= 0.3 is 6.18 Å². The molecule has 122 valence electrons. The third kappa shape index (κ3) is 3.08. The van der Waals surface area contributed by atoms with Crippen molar-refractivity contribution in [1.29, 1.82) is 0 Å². The average Bonchev–Trinajstić information content (AvgIpc) is 2.91. The van der Waals surface area contributed by atoms with Crippen LogP contribution in [0.4, 0.5) is 13.2 Å². The Morgan fingerprint density at radius 3 is 2.45 bits per heavy atom. The summed E-state index contributed by atoms with van der Waals surface area (Å²) in [4.78, 5) is 15.9. The van der Waals surface area contributed by atoms with E-state index in [9.17, 15) is 18.0 Å². The predicted molar refractivity (Wildman–Crippen MR) is 70.7 cm³/mol. The second-order valence-electron chi connectivity index (χ2n) is 5.74. The summed E-state index contributed by atoms with van der Waals surface area (Å²) >= 11 is 0. The normalized spacial score (nSPS) is 20.0. The van der Waals surface area contributed by atoms with Gasteiger partial charge in [0.2, 0.25) is 11.7 Å². The molecule has 1 amide bonds. The Hall–Kier alpha value is -1.64. The highest BCUT2D eigenvalue weighted by Crippen LogP contribution is 2.29. The minimum Gasteiger partial charge on any atom is -0.342 e. The van der Waals surface area contributed by atoms with Crippen LogP contribution in [0.3, 0.4) is 0 Å². The monoisotopic (exact) mass is 317 g/mol. The van der Waals surface area contributed by atoms with E-state index < -0.39 is 12.0 Å². The summed E-state index contributed by atoms with van der Waals surface area (Å²) in [7, 11) is 0. The standard InChI is InChI=1S/C13H18F3N5O/c14-13(15,16)12-18-17-10-8-19(6-7-21(10)12)9-11(22)20-4-2-1-3-5-20/h1-9H2. The zero-order valence-corrected chi connectivity index (χ0v) is 12.1. The van der Waals surface area contributed by atoms with Gasteiger partial charge in [-0.25, -0.2) is 0 Å². The van der Waals surface area contributed by atoms with Crippen LogP contribution in [0.1, 0.15) is 30.9 Å². The number of likely N-dealkylation sites (tertiary alicyclic amines) is 1. The lowest BCUT2D eigenvalue weighted by atomic mass is 10.1. The summed E-state index contributed by atoms with van der Waals surface area (Å²) in [5.74, 6) is -0.641. The van der Waals surface area contributed by atoms with Crippen molar-refractivity contribution in [3.63, 3.8) is 0 Å². The number of carbonyl (C=O) groups is 1. The minimum atomic E-state index is -4.49. The topological polar surface area (TPSA) is 54.3 Å².